The van der Waals surface area contributed by atoms with E-state index in [1.807, 2.05) is 74.5 Å². The third kappa shape index (κ3) is 4.74. The Morgan fingerprint density at radius 3 is 2.00 bits per heavy atom. The van der Waals surface area contributed by atoms with Crippen LogP contribution in [-0.2, 0) is 9.59 Å². The summed E-state index contributed by atoms with van der Waals surface area (Å²) in [5.74, 6) is 1.76. The van der Waals surface area contributed by atoms with E-state index in [4.69, 9.17) is 9.47 Å². The lowest BCUT2D eigenvalue weighted by atomic mass is 10.0. The first-order valence-electron chi connectivity index (χ1n) is 9.64. The molecule has 0 N–H and O–H groups in total. The maximum absolute atomic E-state index is 11.8. The summed E-state index contributed by atoms with van der Waals surface area (Å²) in [5, 5.41) is 2.03. The van der Waals surface area contributed by atoms with Gasteiger partial charge in [-0.3, -0.25) is 14.5 Å². The first-order valence-corrected chi connectivity index (χ1v) is 9.64. The minimum Gasteiger partial charge on any atom is -0.494 e. The number of carbonyl (C=O) groups is 2. The molecule has 3 rings (SSSR count). The molecule has 0 aliphatic heterocycles. The Balaban J connectivity index is 1.81. The number of nitrogens with zero attached hydrogens (tertiary/aromatic N) is 1. The zero-order valence-electron chi connectivity index (χ0n) is 17.1. The molecule has 3 aromatic rings. The summed E-state index contributed by atoms with van der Waals surface area (Å²) in [7, 11) is 0. The molecule has 0 spiro atoms. The van der Waals surface area contributed by atoms with Gasteiger partial charge >= 0.3 is 0 Å². The molecule has 5 heteroatoms. The average Bonchev–Trinajstić information content (AvgIpc) is 2.68. The van der Waals surface area contributed by atoms with Gasteiger partial charge in [0, 0.05) is 13.8 Å². The Hall–Kier alpha value is -3.34. The van der Waals surface area contributed by atoms with Crippen LogP contribution in [-0.4, -0.2) is 23.3 Å². The first-order chi connectivity index (χ1) is 13.9. The second-order valence-electron chi connectivity index (χ2n) is 6.86. The summed E-state index contributed by atoms with van der Waals surface area (Å²) in [6.45, 7) is 7.24. The smallest absolute Gasteiger partial charge is 0.226 e. The maximum Gasteiger partial charge on any atom is 0.226 e. The number of fused-ring (bicyclic) bond motifs is 1. The highest BCUT2D eigenvalue weighted by atomic mass is 16.5. The zero-order valence-corrected chi connectivity index (χ0v) is 17.1. The standard InChI is InChI=1S/C24H25NO4/c1-5-28-22-10-12-23(13-11-22)29-24-9-8-20-14-19(6-7-21(20)15-24)16(2)25(17(3)26)18(4)27/h6-16H,5H2,1-4H3. The van der Waals surface area contributed by atoms with Crippen LogP contribution >= 0.6 is 0 Å². The maximum atomic E-state index is 11.8. The molecular formula is C24H25NO4. The van der Waals surface area contributed by atoms with Crippen molar-refractivity contribution in [3.8, 4) is 17.2 Å². The Labute approximate surface area is 170 Å². The fourth-order valence-corrected chi connectivity index (χ4v) is 3.39. The van der Waals surface area contributed by atoms with Crippen molar-refractivity contribution in [3.63, 3.8) is 0 Å². The number of imide groups is 1. The van der Waals surface area contributed by atoms with E-state index in [1.165, 1.54) is 18.7 Å². The van der Waals surface area contributed by atoms with E-state index in [-0.39, 0.29) is 17.9 Å². The molecule has 0 aliphatic rings. The minimum atomic E-state index is -0.325. The van der Waals surface area contributed by atoms with E-state index in [9.17, 15) is 9.59 Å². The van der Waals surface area contributed by atoms with Crippen LogP contribution in [0.15, 0.2) is 60.7 Å². The van der Waals surface area contributed by atoms with E-state index in [0.717, 1.165) is 33.6 Å². The largest absolute Gasteiger partial charge is 0.494 e. The number of amides is 2. The lowest BCUT2D eigenvalue weighted by Crippen LogP contribution is -2.35. The van der Waals surface area contributed by atoms with Crippen LogP contribution in [0.25, 0.3) is 10.8 Å². The van der Waals surface area contributed by atoms with Crippen LogP contribution in [0.2, 0.25) is 0 Å². The predicted octanol–water partition coefficient (Wildman–Crippen LogP) is 5.49. The second kappa shape index (κ2) is 8.78. The van der Waals surface area contributed by atoms with E-state index >= 15 is 0 Å². The van der Waals surface area contributed by atoms with Gasteiger partial charge in [0.05, 0.1) is 12.6 Å². The van der Waals surface area contributed by atoms with Gasteiger partial charge in [-0.05, 0) is 72.6 Å². The highest BCUT2D eigenvalue weighted by Gasteiger charge is 2.22. The van der Waals surface area contributed by atoms with Gasteiger partial charge in [-0.1, -0.05) is 18.2 Å². The monoisotopic (exact) mass is 391 g/mol. The third-order valence-electron chi connectivity index (χ3n) is 4.75. The minimum absolute atomic E-state index is 0.260. The van der Waals surface area contributed by atoms with Gasteiger partial charge in [0.1, 0.15) is 17.2 Å². The summed E-state index contributed by atoms with van der Waals surface area (Å²) >= 11 is 0. The molecule has 0 heterocycles. The first kappa shape index (κ1) is 20.4. The summed E-state index contributed by atoms with van der Waals surface area (Å²) in [4.78, 5) is 24.9. The quantitative estimate of drug-likeness (QED) is 0.558. The van der Waals surface area contributed by atoms with Crippen molar-refractivity contribution in [2.45, 2.75) is 33.7 Å². The van der Waals surface area contributed by atoms with Crippen molar-refractivity contribution < 1.29 is 19.1 Å². The van der Waals surface area contributed by atoms with Gasteiger partial charge in [-0.15, -0.1) is 0 Å². The van der Waals surface area contributed by atoms with Crippen molar-refractivity contribution in [1.82, 2.24) is 4.90 Å². The molecule has 5 nitrogen and oxygen atoms in total. The van der Waals surface area contributed by atoms with Gasteiger partial charge in [-0.25, -0.2) is 0 Å². The van der Waals surface area contributed by atoms with Gasteiger partial charge in [-0.2, -0.15) is 0 Å². The van der Waals surface area contributed by atoms with Crippen LogP contribution in [0.3, 0.4) is 0 Å². The number of ether oxygens (including phenoxy) is 2. The second-order valence-corrected chi connectivity index (χ2v) is 6.86. The number of benzene rings is 3. The Morgan fingerprint density at radius 1 is 0.828 bits per heavy atom. The van der Waals surface area contributed by atoms with E-state index in [0.29, 0.717) is 6.61 Å². The topological polar surface area (TPSA) is 55.8 Å². The number of hydrogen-bond acceptors (Lipinski definition) is 4. The molecule has 3 aromatic carbocycles. The molecule has 150 valence electrons. The van der Waals surface area contributed by atoms with Crippen molar-refractivity contribution in [2.75, 3.05) is 6.61 Å². The molecule has 0 saturated carbocycles. The third-order valence-corrected chi connectivity index (χ3v) is 4.75. The molecule has 0 aromatic heterocycles. The van der Waals surface area contributed by atoms with E-state index in [1.54, 1.807) is 0 Å². The van der Waals surface area contributed by atoms with Crippen LogP contribution in [0.4, 0.5) is 0 Å². The summed E-state index contributed by atoms with van der Waals surface area (Å²) in [5.41, 5.74) is 0.906. The normalized spacial score (nSPS) is 11.7. The SMILES string of the molecule is CCOc1ccc(Oc2ccc3cc(C(C)N(C(C)=O)C(C)=O)ccc3c2)cc1. The lowest BCUT2D eigenvalue weighted by molar-refractivity contribution is -0.144. The Bertz CT molecular complexity index is 1010. The molecule has 0 bridgehead atoms. The van der Waals surface area contributed by atoms with E-state index < -0.39 is 0 Å². The predicted molar refractivity (Wildman–Crippen MR) is 113 cm³/mol. The van der Waals surface area contributed by atoms with Crippen LogP contribution in [0.1, 0.15) is 39.3 Å². The summed E-state index contributed by atoms with van der Waals surface area (Å²) in [6.07, 6.45) is 0. The number of hydrogen-bond donors (Lipinski definition) is 0. The van der Waals surface area contributed by atoms with Crippen molar-refractivity contribution in [1.29, 1.82) is 0 Å². The van der Waals surface area contributed by atoms with Crippen molar-refractivity contribution in [3.05, 3.63) is 66.2 Å². The van der Waals surface area contributed by atoms with E-state index in [2.05, 4.69) is 0 Å². The van der Waals surface area contributed by atoms with Crippen LogP contribution < -0.4 is 9.47 Å². The van der Waals surface area contributed by atoms with Crippen LogP contribution in [0.5, 0.6) is 17.2 Å². The van der Waals surface area contributed by atoms with Gasteiger partial charge < -0.3 is 9.47 Å². The molecule has 0 saturated heterocycles. The molecule has 1 atom stereocenters. The number of rotatable bonds is 6. The van der Waals surface area contributed by atoms with Crippen molar-refractivity contribution in [2.24, 2.45) is 0 Å². The molecule has 0 fully saturated rings. The number of carbonyl (C=O) groups excluding carboxylic acids is 2. The van der Waals surface area contributed by atoms with Gasteiger partial charge in [0.2, 0.25) is 11.8 Å². The summed E-state index contributed by atoms with van der Waals surface area (Å²) in [6, 6.07) is 18.9. The summed E-state index contributed by atoms with van der Waals surface area (Å²) < 4.78 is 11.4. The molecule has 0 radical (unpaired) electrons. The zero-order chi connectivity index (χ0) is 21.0. The van der Waals surface area contributed by atoms with Gasteiger partial charge in [0.15, 0.2) is 0 Å². The fourth-order valence-electron chi connectivity index (χ4n) is 3.39. The fraction of sp³-hybridized carbons (Fsp3) is 0.250. The average molecular weight is 391 g/mol. The van der Waals surface area contributed by atoms with Gasteiger partial charge in [0.25, 0.3) is 0 Å². The van der Waals surface area contributed by atoms with Crippen LogP contribution in [0, 0.1) is 0 Å². The Morgan fingerprint density at radius 2 is 1.38 bits per heavy atom. The molecule has 2 amide bonds. The van der Waals surface area contributed by atoms with Crippen molar-refractivity contribution >= 4 is 22.6 Å². The lowest BCUT2D eigenvalue weighted by Gasteiger charge is -2.25. The highest BCUT2D eigenvalue weighted by Crippen LogP contribution is 2.30. The molecule has 0 aliphatic carbocycles. The molecule has 29 heavy (non-hydrogen) atoms. The molecule has 1 unspecified atom stereocenters. The highest BCUT2D eigenvalue weighted by molar-refractivity contribution is 5.93. The molecular weight excluding hydrogens is 366 g/mol. The Kier molecular flexibility index (Phi) is 6.17.